The van der Waals surface area contributed by atoms with Crippen LogP contribution in [0.15, 0.2) is 0 Å². The van der Waals surface area contributed by atoms with Crippen LogP contribution in [0.3, 0.4) is 0 Å². The van der Waals surface area contributed by atoms with Gasteiger partial charge in [-0.2, -0.15) is 0 Å². The fraction of sp³-hybridized carbons (Fsp3) is 0.778. The summed E-state index contributed by atoms with van der Waals surface area (Å²) in [5.74, 6) is -0.111. The second-order valence-corrected chi connectivity index (χ2v) is 3.48. The van der Waals surface area contributed by atoms with E-state index >= 15 is 0 Å². The third kappa shape index (κ3) is 2.70. The van der Waals surface area contributed by atoms with Crippen molar-refractivity contribution in [1.82, 2.24) is 15.5 Å². The molecule has 0 unspecified atom stereocenters. The molecule has 80 valence electrons. The van der Waals surface area contributed by atoms with Gasteiger partial charge in [-0.05, 0) is 0 Å². The number of carbonyl (C=O) groups is 2. The summed E-state index contributed by atoms with van der Waals surface area (Å²) in [4.78, 5) is 24.3. The summed E-state index contributed by atoms with van der Waals surface area (Å²) in [6.07, 6.45) is 0. The molecule has 1 heterocycles. The molecule has 0 aromatic heterocycles. The number of amides is 2. The molecule has 5 heteroatoms. The summed E-state index contributed by atoms with van der Waals surface area (Å²) in [5.41, 5.74) is 0. The van der Waals surface area contributed by atoms with Crippen molar-refractivity contribution in [3.8, 4) is 0 Å². The van der Waals surface area contributed by atoms with Crippen LogP contribution in [-0.2, 0) is 9.59 Å². The van der Waals surface area contributed by atoms with E-state index in [2.05, 4.69) is 10.6 Å². The van der Waals surface area contributed by atoms with Crippen LogP contribution in [0.4, 0.5) is 0 Å². The highest BCUT2D eigenvalue weighted by Gasteiger charge is 2.24. The molecule has 2 amide bonds. The first-order valence-electron chi connectivity index (χ1n) is 4.83. The number of carbonyl (C=O) groups excluding carboxylic acids is 2. The molecule has 1 aliphatic rings. The maximum absolute atomic E-state index is 11.4. The van der Waals surface area contributed by atoms with Crippen LogP contribution in [0.1, 0.15) is 6.92 Å². The van der Waals surface area contributed by atoms with Crippen molar-refractivity contribution in [3.63, 3.8) is 0 Å². The monoisotopic (exact) mass is 199 g/mol. The smallest absolute Gasteiger partial charge is 0.225 e. The summed E-state index contributed by atoms with van der Waals surface area (Å²) in [7, 11) is 1.62. The summed E-state index contributed by atoms with van der Waals surface area (Å²) in [6, 6.07) is 0. The van der Waals surface area contributed by atoms with Gasteiger partial charge in [0, 0.05) is 40.2 Å². The van der Waals surface area contributed by atoms with Gasteiger partial charge >= 0.3 is 0 Å². The van der Waals surface area contributed by atoms with Crippen molar-refractivity contribution >= 4 is 11.8 Å². The van der Waals surface area contributed by atoms with E-state index in [-0.39, 0.29) is 17.7 Å². The predicted molar refractivity (Wildman–Crippen MR) is 52.7 cm³/mol. The Labute approximate surface area is 83.8 Å². The highest BCUT2D eigenvalue weighted by atomic mass is 16.2. The Kier molecular flexibility index (Phi) is 3.88. The SMILES string of the molecule is CNC(=O)[C@@H]1CNCCN(C(C)=O)C1. The van der Waals surface area contributed by atoms with E-state index in [9.17, 15) is 9.59 Å². The van der Waals surface area contributed by atoms with Crippen LogP contribution in [0.2, 0.25) is 0 Å². The summed E-state index contributed by atoms with van der Waals surface area (Å²) < 4.78 is 0. The lowest BCUT2D eigenvalue weighted by molar-refractivity contribution is -0.130. The molecule has 0 bridgehead atoms. The normalized spacial score (nSPS) is 22.7. The van der Waals surface area contributed by atoms with Crippen molar-refractivity contribution in [2.24, 2.45) is 5.92 Å². The molecular weight excluding hydrogens is 182 g/mol. The van der Waals surface area contributed by atoms with Crippen LogP contribution in [0, 0.1) is 5.92 Å². The fourth-order valence-electron chi connectivity index (χ4n) is 1.58. The number of nitrogens with one attached hydrogen (secondary N) is 2. The number of hydrogen-bond acceptors (Lipinski definition) is 3. The molecule has 1 fully saturated rings. The largest absolute Gasteiger partial charge is 0.359 e. The Morgan fingerprint density at radius 1 is 1.50 bits per heavy atom. The quantitative estimate of drug-likeness (QED) is 0.557. The van der Waals surface area contributed by atoms with E-state index in [1.165, 1.54) is 6.92 Å². The topological polar surface area (TPSA) is 61.4 Å². The molecule has 0 spiro atoms. The highest BCUT2D eigenvalue weighted by Crippen LogP contribution is 2.03. The predicted octanol–water partition coefficient (Wildman–Crippen LogP) is -1.20. The molecule has 1 rings (SSSR count). The van der Waals surface area contributed by atoms with Crippen LogP contribution < -0.4 is 10.6 Å². The zero-order chi connectivity index (χ0) is 10.6. The Morgan fingerprint density at radius 2 is 2.21 bits per heavy atom. The average molecular weight is 199 g/mol. The summed E-state index contributed by atoms with van der Waals surface area (Å²) in [5, 5.41) is 5.75. The molecule has 0 saturated carbocycles. The van der Waals surface area contributed by atoms with Crippen molar-refractivity contribution in [2.75, 3.05) is 33.2 Å². The lowest BCUT2D eigenvalue weighted by Crippen LogP contribution is -2.40. The van der Waals surface area contributed by atoms with Crippen molar-refractivity contribution < 1.29 is 9.59 Å². The molecule has 1 atom stereocenters. The minimum absolute atomic E-state index is 0.00866. The van der Waals surface area contributed by atoms with Crippen LogP contribution in [0.25, 0.3) is 0 Å². The zero-order valence-electron chi connectivity index (χ0n) is 8.67. The van der Waals surface area contributed by atoms with Crippen LogP contribution in [0.5, 0.6) is 0 Å². The molecule has 0 aliphatic carbocycles. The maximum atomic E-state index is 11.4. The first kappa shape index (κ1) is 11.0. The molecule has 1 saturated heterocycles. The van der Waals surface area contributed by atoms with E-state index < -0.39 is 0 Å². The van der Waals surface area contributed by atoms with Crippen LogP contribution in [-0.4, -0.2) is 49.9 Å². The van der Waals surface area contributed by atoms with Gasteiger partial charge in [0.2, 0.25) is 11.8 Å². The molecule has 0 radical (unpaired) electrons. The lowest BCUT2D eigenvalue weighted by atomic mass is 10.1. The van der Waals surface area contributed by atoms with Gasteiger partial charge in [-0.1, -0.05) is 0 Å². The average Bonchev–Trinajstić information content (AvgIpc) is 2.41. The van der Waals surface area contributed by atoms with E-state index in [1.54, 1.807) is 11.9 Å². The van der Waals surface area contributed by atoms with E-state index in [0.29, 0.717) is 19.6 Å². The number of hydrogen-bond donors (Lipinski definition) is 2. The van der Waals surface area contributed by atoms with Gasteiger partial charge in [0.15, 0.2) is 0 Å². The van der Waals surface area contributed by atoms with E-state index in [0.717, 1.165) is 6.54 Å². The minimum Gasteiger partial charge on any atom is -0.359 e. The van der Waals surface area contributed by atoms with Gasteiger partial charge in [0.1, 0.15) is 0 Å². The molecule has 0 aromatic rings. The van der Waals surface area contributed by atoms with E-state index in [4.69, 9.17) is 0 Å². The molecule has 0 aromatic carbocycles. The van der Waals surface area contributed by atoms with E-state index in [1.807, 2.05) is 0 Å². The van der Waals surface area contributed by atoms with Crippen LogP contribution >= 0.6 is 0 Å². The molecule has 14 heavy (non-hydrogen) atoms. The van der Waals surface area contributed by atoms with Crippen molar-refractivity contribution in [1.29, 1.82) is 0 Å². The second-order valence-electron chi connectivity index (χ2n) is 3.48. The second kappa shape index (κ2) is 4.95. The first-order chi connectivity index (χ1) is 6.65. The Morgan fingerprint density at radius 3 is 2.79 bits per heavy atom. The van der Waals surface area contributed by atoms with Gasteiger partial charge in [-0.25, -0.2) is 0 Å². The maximum Gasteiger partial charge on any atom is 0.225 e. The number of rotatable bonds is 1. The highest BCUT2D eigenvalue weighted by molar-refractivity contribution is 5.80. The van der Waals surface area contributed by atoms with Gasteiger partial charge in [0.05, 0.1) is 5.92 Å². The molecule has 1 aliphatic heterocycles. The Hall–Kier alpha value is -1.10. The molecular formula is C9H17N3O2. The Balaban J connectivity index is 2.59. The van der Waals surface area contributed by atoms with Gasteiger partial charge in [0.25, 0.3) is 0 Å². The zero-order valence-corrected chi connectivity index (χ0v) is 8.67. The number of nitrogens with zero attached hydrogens (tertiary/aromatic N) is 1. The third-order valence-electron chi connectivity index (χ3n) is 2.45. The lowest BCUT2D eigenvalue weighted by Gasteiger charge is -2.21. The van der Waals surface area contributed by atoms with Crippen molar-refractivity contribution in [2.45, 2.75) is 6.92 Å². The van der Waals surface area contributed by atoms with Gasteiger partial charge in [-0.3, -0.25) is 9.59 Å². The Bertz CT molecular complexity index is 230. The summed E-state index contributed by atoms with van der Waals surface area (Å²) in [6.45, 7) is 4.13. The van der Waals surface area contributed by atoms with Gasteiger partial charge in [-0.15, -0.1) is 0 Å². The standard InChI is InChI=1S/C9H17N3O2/c1-7(13)12-4-3-11-5-8(6-12)9(14)10-2/h8,11H,3-6H2,1-2H3,(H,10,14)/t8-/m1/s1. The molecule has 2 N–H and O–H groups in total. The summed E-state index contributed by atoms with van der Waals surface area (Å²) >= 11 is 0. The third-order valence-corrected chi connectivity index (χ3v) is 2.45. The minimum atomic E-state index is -0.133. The fourth-order valence-corrected chi connectivity index (χ4v) is 1.58. The van der Waals surface area contributed by atoms with Crippen molar-refractivity contribution in [3.05, 3.63) is 0 Å². The first-order valence-corrected chi connectivity index (χ1v) is 4.83. The molecule has 5 nitrogen and oxygen atoms in total. The van der Waals surface area contributed by atoms with Gasteiger partial charge < -0.3 is 15.5 Å².